The lowest BCUT2D eigenvalue weighted by atomic mass is 10.1. The van der Waals surface area contributed by atoms with Crippen LogP contribution in [-0.2, 0) is 4.79 Å². The van der Waals surface area contributed by atoms with Crippen molar-refractivity contribution in [2.45, 2.75) is 19.4 Å². The fraction of sp³-hybridized carbons (Fsp3) is 0.176. The minimum atomic E-state index is -0.870. The molecular formula is C17H13Cl2FN2O2. The van der Waals surface area contributed by atoms with E-state index in [1.165, 1.54) is 30.3 Å². The number of carbonyl (C=O) groups excluding carboxylic acids is 1. The van der Waals surface area contributed by atoms with E-state index in [0.29, 0.717) is 16.3 Å². The van der Waals surface area contributed by atoms with Gasteiger partial charge in [0.05, 0.1) is 11.1 Å². The van der Waals surface area contributed by atoms with Crippen LogP contribution >= 0.6 is 23.2 Å². The average molecular weight is 367 g/mol. The maximum absolute atomic E-state index is 13.2. The van der Waals surface area contributed by atoms with Crippen molar-refractivity contribution < 1.29 is 13.9 Å². The molecule has 0 aliphatic heterocycles. The number of carbonyl (C=O) groups is 1. The summed E-state index contributed by atoms with van der Waals surface area (Å²) in [6.45, 7) is 1.67. The highest BCUT2D eigenvalue weighted by Crippen LogP contribution is 2.31. The van der Waals surface area contributed by atoms with E-state index in [4.69, 9.17) is 27.9 Å². The first-order chi connectivity index (χ1) is 11.4. The standard InChI is InChI=1S/C17H13Cl2FN2O2/c1-2-17(23)24-16-6-3-10(18)7-12(16)15(9-21)22-11-4-5-14(20)13(19)8-11/h3-8,15,22H,2H2,1H3. The van der Waals surface area contributed by atoms with Gasteiger partial charge in [-0.3, -0.25) is 4.79 Å². The number of nitrogens with zero attached hydrogens (tertiary/aromatic N) is 1. The molecule has 2 rings (SSSR count). The Morgan fingerprint density at radius 3 is 2.71 bits per heavy atom. The van der Waals surface area contributed by atoms with Gasteiger partial charge in [0.25, 0.3) is 0 Å². The minimum absolute atomic E-state index is 0.0691. The highest BCUT2D eigenvalue weighted by molar-refractivity contribution is 6.31. The molecule has 4 nitrogen and oxygen atoms in total. The molecule has 2 aromatic carbocycles. The molecular weight excluding hydrogens is 354 g/mol. The van der Waals surface area contributed by atoms with E-state index in [2.05, 4.69) is 11.4 Å². The molecule has 2 aromatic rings. The molecule has 0 aliphatic rings. The summed E-state index contributed by atoms with van der Waals surface area (Å²) in [6.07, 6.45) is 0.195. The number of anilines is 1. The predicted molar refractivity (Wildman–Crippen MR) is 90.8 cm³/mol. The van der Waals surface area contributed by atoms with Crippen molar-refractivity contribution in [1.82, 2.24) is 0 Å². The number of ether oxygens (including phenoxy) is 1. The molecule has 1 N–H and O–H groups in total. The van der Waals surface area contributed by atoms with E-state index >= 15 is 0 Å². The number of halogens is 3. The molecule has 124 valence electrons. The summed E-state index contributed by atoms with van der Waals surface area (Å²) < 4.78 is 18.5. The Morgan fingerprint density at radius 2 is 2.08 bits per heavy atom. The molecule has 0 amide bonds. The lowest BCUT2D eigenvalue weighted by Crippen LogP contribution is -2.13. The lowest BCUT2D eigenvalue weighted by molar-refractivity contribution is -0.134. The largest absolute Gasteiger partial charge is 0.426 e. The van der Waals surface area contributed by atoms with Crippen LogP contribution in [0.5, 0.6) is 5.75 Å². The van der Waals surface area contributed by atoms with Crippen LogP contribution in [0.15, 0.2) is 36.4 Å². The molecule has 0 fully saturated rings. The fourth-order valence-electron chi connectivity index (χ4n) is 1.96. The summed E-state index contributed by atoms with van der Waals surface area (Å²) >= 11 is 11.7. The first kappa shape index (κ1) is 18.1. The van der Waals surface area contributed by atoms with Gasteiger partial charge < -0.3 is 10.1 Å². The zero-order valence-corrected chi connectivity index (χ0v) is 14.2. The van der Waals surface area contributed by atoms with E-state index in [-0.39, 0.29) is 17.2 Å². The van der Waals surface area contributed by atoms with Crippen molar-refractivity contribution in [2.75, 3.05) is 5.32 Å². The van der Waals surface area contributed by atoms with Crippen LogP contribution in [0, 0.1) is 17.1 Å². The summed E-state index contributed by atoms with van der Waals surface area (Å²) in [4.78, 5) is 11.6. The van der Waals surface area contributed by atoms with Gasteiger partial charge in [-0.2, -0.15) is 5.26 Å². The van der Waals surface area contributed by atoms with Gasteiger partial charge in [-0.25, -0.2) is 4.39 Å². The van der Waals surface area contributed by atoms with E-state index in [0.717, 1.165) is 0 Å². The van der Waals surface area contributed by atoms with Gasteiger partial charge >= 0.3 is 5.97 Å². The van der Waals surface area contributed by atoms with Gasteiger partial charge in [0, 0.05) is 22.7 Å². The van der Waals surface area contributed by atoms with Crippen LogP contribution in [0.4, 0.5) is 10.1 Å². The SMILES string of the molecule is CCC(=O)Oc1ccc(Cl)cc1C(C#N)Nc1ccc(F)c(Cl)c1. The zero-order chi connectivity index (χ0) is 17.7. The summed E-state index contributed by atoms with van der Waals surface area (Å²) in [5.41, 5.74) is 0.841. The van der Waals surface area contributed by atoms with Crippen molar-refractivity contribution in [3.05, 3.63) is 57.8 Å². The Hall–Kier alpha value is -2.29. The maximum atomic E-state index is 13.2. The number of rotatable bonds is 5. The Morgan fingerprint density at radius 1 is 1.33 bits per heavy atom. The van der Waals surface area contributed by atoms with Crippen molar-refractivity contribution in [1.29, 1.82) is 5.26 Å². The zero-order valence-electron chi connectivity index (χ0n) is 12.6. The highest BCUT2D eigenvalue weighted by Gasteiger charge is 2.18. The van der Waals surface area contributed by atoms with Crippen molar-refractivity contribution in [2.24, 2.45) is 0 Å². The number of esters is 1. The second-order valence-electron chi connectivity index (χ2n) is 4.85. The number of benzene rings is 2. The van der Waals surface area contributed by atoms with Crippen molar-refractivity contribution in [3.8, 4) is 11.8 Å². The van der Waals surface area contributed by atoms with Gasteiger partial charge in [0.2, 0.25) is 0 Å². The maximum Gasteiger partial charge on any atom is 0.310 e. The van der Waals surface area contributed by atoms with Gasteiger partial charge in [-0.1, -0.05) is 30.1 Å². The molecule has 0 radical (unpaired) electrons. The molecule has 7 heteroatoms. The molecule has 0 aromatic heterocycles. The lowest BCUT2D eigenvalue weighted by Gasteiger charge is -2.17. The van der Waals surface area contributed by atoms with Crippen LogP contribution in [0.25, 0.3) is 0 Å². The summed E-state index contributed by atoms with van der Waals surface area (Å²) in [7, 11) is 0. The van der Waals surface area contributed by atoms with Crippen LogP contribution in [-0.4, -0.2) is 5.97 Å². The number of hydrogen-bond acceptors (Lipinski definition) is 4. The molecule has 1 unspecified atom stereocenters. The summed E-state index contributed by atoms with van der Waals surface area (Å²) in [6, 6.07) is 9.82. The molecule has 0 saturated carbocycles. The van der Waals surface area contributed by atoms with Crippen molar-refractivity contribution in [3.63, 3.8) is 0 Å². The number of nitrogens with one attached hydrogen (secondary N) is 1. The summed E-state index contributed by atoms with van der Waals surface area (Å²) in [5, 5.41) is 12.7. The highest BCUT2D eigenvalue weighted by atomic mass is 35.5. The normalized spacial score (nSPS) is 11.5. The van der Waals surface area contributed by atoms with E-state index < -0.39 is 17.8 Å². The van der Waals surface area contributed by atoms with Gasteiger partial charge in [0.15, 0.2) is 0 Å². The quantitative estimate of drug-likeness (QED) is 0.588. The Balaban J connectivity index is 2.35. The number of hydrogen-bond donors (Lipinski definition) is 1. The smallest absolute Gasteiger partial charge is 0.310 e. The van der Waals surface area contributed by atoms with E-state index in [1.807, 2.05) is 0 Å². The Bertz CT molecular complexity index is 806. The second-order valence-corrected chi connectivity index (χ2v) is 5.69. The Labute approximate surface area is 148 Å². The van der Waals surface area contributed by atoms with E-state index in [1.54, 1.807) is 13.0 Å². The van der Waals surface area contributed by atoms with Gasteiger partial charge in [0.1, 0.15) is 17.6 Å². The minimum Gasteiger partial charge on any atom is -0.426 e. The topological polar surface area (TPSA) is 62.1 Å². The molecule has 0 saturated heterocycles. The first-order valence-corrected chi connectivity index (χ1v) is 7.81. The molecule has 24 heavy (non-hydrogen) atoms. The third kappa shape index (κ3) is 4.38. The third-order valence-electron chi connectivity index (χ3n) is 3.16. The van der Waals surface area contributed by atoms with Crippen LogP contribution in [0.3, 0.4) is 0 Å². The second kappa shape index (κ2) is 8.00. The molecule has 0 heterocycles. The molecule has 0 bridgehead atoms. The van der Waals surface area contributed by atoms with Crippen LogP contribution < -0.4 is 10.1 Å². The van der Waals surface area contributed by atoms with Crippen LogP contribution in [0.2, 0.25) is 10.0 Å². The van der Waals surface area contributed by atoms with Crippen molar-refractivity contribution >= 4 is 34.9 Å². The van der Waals surface area contributed by atoms with Crippen LogP contribution in [0.1, 0.15) is 24.9 Å². The number of nitriles is 1. The van der Waals surface area contributed by atoms with Gasteiger partial charge in [-0.05, 0) is 36.4 Å². The van der Waals surface area contributed by atoms with E-state index in [9.17, 15) is 14.4 Å². The fourth-order valence-corrected chi connectivity index (χ4v) is 2.33. The molecule has 0 spiro atoms. The first-order valence-electron chi connectivity index (χ1n) is 7.06. The van der Waals surface area contributed by atoms with Gasteiger partial charge in [-0.15, -0.1) is 0 Å². The Kier molecular flexibility index (Phi) is 6.02. The molecule has 1 atom stereocenters. The summed E-state index contributed by atoms with van der Waals surface area (Å²) in [5.74, 6) is -0.755. The molecule has 0 aliphatic carbocycles. The monoisotopic (exact) mass is 366 g/mol. The predicted octanol–water partition coefficient (Wildman–Crippen LogP) is 5.12. The average Bonchev–Trinajstić information content (AvgIpc) is 2.57. The third-order valence-corrected chi connectivity index (χ3v) is 3.68.